The lowest BCUT2D eigenvalue weighted by atomic mass is 10.2. The number of rotatable bonds is 8. The molecule has 100 valence electrons. The van der Waals surface area contributed by atoms with Gasteiger partial charge >= 0.3 is 5.97 Å². The van der Waals surface area contributed by atoms with Gasteiger partial charge < -0.3 is 20.1 Å². The molecule has 6 heteroatoms. The number of ether oxygens (including phenoxy) is 1. The third kappa shape index (κ3) is 4.95. The molecule has 0 aliphatic heterocycles. The monoisotopic (exact) mass is 272 g/mol. The number of aliphatic hydroxyl groups excluding tert-OH is 2. The summed E-state index contributed by atoms with van der Waals surface area (Å²) in [5.74, 6) is 0.369. The van der Waals surface area contributed by atoms with E-state index in [-0.39, 0.29) is 12.2 Å². The van der Waals surface area contributed by atoms with Crippen molar-refractivity contribution in [3.63, 3.8) is 0 Å². The van der Waals surface area contributed by atoms with Gasteiger partial charge in [0, 0.05) is 11.5 Å². The molecule has 0 heterocycles. The fourth-order valence-electron chi connectivity index (χ4n) is 1.25. The van der Waals surface area contributed by atoms with Crippen LogP contribution >= 0.6 is 11.8 Å². The summed E-state index contributed by atoms with van der Waals surface area (Å²) in [5.41, 5.74) is 0.137. The van der Waals surface area contributed by atoms with E-state index >= 15 is 0 Å². The van der Waals surface area contributed by atoms with Gasteiger partial charge in [0.1, 0.15) is 11.3 Å². The van der Waals surface area contributed by atoms with Gasteiger partial charge in [0.15, 0.2) is 0 Å². The Kier molecular flexibility index (Phi) is 6.56. The van der Waals surface area contributed by atoms with E-state index in [0.29, 0.717) is 23.9 Å². The Morgan fingerprint density at radius 1 is 1.39 bits per heavy atom. The quantitative estimate of drug-likeness (QED) is 0.608. The van der Waals surface area contributed by atoms with Crippen LogP contribution in [-0.2, 0) is 0 Å². The summed E-state index contributed by atoms with van der Waals surface area (Å²) in [6, 6.07) is 6.45. The van der Waals surface area contributed by atoms with Crippen molar-refractivity contribution in [1.82, 2.24) is 0 Å². The highest BCUT2D eigenvalue weighted by Gasteiger charge is 2.09. The molecule has 1 aromatic carbocycles. The molecule has 0 amide bonds. The number of aliphatic hydroxyl groups is 2. The molecule has 0 aromatic heterocycles. The van der Waals surface area contributed by atoms with Crippen molar-refractivity contribution in [3.8, 4) is 5.75 Å². The molecule has 0 aliphatic rings. The number of carbonyl (C=O) groups is 1. The first kappa shape index (κ1) is 14.8. The summed E-state index contributed by atoms with van der Waals surface area (Å²) in [5, 5.41) is 26.6. The summed E-state index contributed by atoms with van der Waals surface area (Å²) in [6.07, 6.45) is -0.721. The first-order valence-electron chi connectivity index (χ1n) is 5.47. The maximum Gasteiger partial charge on any atom is 0.339 e. The minimum atomic E-state index is -1.02. The molecule has 0 aliphatic carbocycles. The summed E-state index contributed by atoms with van der Waals surface area (Å²) < 4.78 is 5.37. The Morgan fingerprint density at radius 3 is 2.78 bits per heavy atom. The average Bonchev–Trinajstić information content (AvgIpc) is 2.38. The summed E-state index contributed by atoms with van der Waals surface area (Å²) in [7, 11) is 0. The summed E-state index contributed by atoms with van der Waals surface area (Å²) in [6.45, 7) is 0.100. The summed E-state index contributed by atoms with van der Waals surface area (Å²) >= 11 is 1.44. The smallest absolute Gasteiger partial charge is 0.339 e. The molecule has 1 unspecified atom stereocenters. The topological polar surface area (TPSA) is 87.0 Å². The highest BCUT2D eigenvalue weighted by atomic mass is 32.2. The number of carboxylic acids is 1. The lowest BCUT2D eigenvalue weighted by molar-refractivity contribution is 0.0692. The standard InChI is InChI=1S/C12H16O5S/c13-7-9(14)8-18-6-5-17-11-4-2-1-3-10(11)12(15)16/h1-4,9,13-14H,5-8H2,(H,15,16). The molecule has 5 nitrogen and oxygen atoms in total. The SMILES string of the molecule is O=C(O)c1ccccc1OCCSCC(O)CO. The Morgan fingerprint density at radius 2 is 2.11 bits per heavy atom. The normalized spacial score (nSPS) is 12.1. The highest BCUT2D eigenvalue weighted by molar-refractivity contribution is 7.99. The second kappa shape index (κ2) is 7.97. The zero-order valence-electron chi connectivity index (χ0n) is 9.78. The van der Waals surface area contributed by atoms with Crippen LogP contribution in [-0.4, -0.2) is 52.1 Å². The van der Waals surface area contributed by atoms with Crippen molar-refractivity contribution in [1.29, 1.82) is 0 Å². The van der Waals surface area contributed by atoms with Crippen LogP contribution in [0.2, 0.25) is 0 Å². The number of hydrogen-bond acceptors (Lipinski definition) is 5. The second-order valence-electron chi connectivity index (χ2n) is 3.56. The fraction of sp³-hybridized carbons (Fsp3) is 0.417. The molecule has 1 aromatic rings. The Labute approximate surface area is 109 Å². The van der Waals surface area contributed by atoms with Gasteiger partial charge in [-0.1, -0.05) is 12.1 Å². The van der Waals surface area contributed by atoms with Gasteiger partial charge in [-0.2, -0.15) is 11.8 Å². The first-order chi connectivity index (χ1) is 8.65. The van der Waals surface area contributed by atoms with Gasteiger partial charge in [0.2, 0.25) is 0 Å². The third-order valence-corrected chi connectivity index (χ3v) is 3.20. The number of benzene rings is 1. The predicted molar refractivity (Wildman–Crippen MR) is 69.3 cm³/mol. The van der Waals surface area contributed by atoms with Crippen LogP contribution in [0.25, 0.3) is 0 Å². The van der Waals surface area contributed by atoms with Gasteiger partial charge in [0.25, 0.3) is 0 Å². The Bertz CT molecular complexity index is 382. The van der Waals surface area contributed by atoms with E-state index in [9.17, 15) is 4.79 Å². The molecule has 0 spiro atoms. The minimum Gasteiger partial charge on any atom is -0.492 e. The molecule has 1 atom stereocenters. The van der Waals surface area contributed by atoms with E-state index < -0.39 is 12.1 Å². The van der Waals surface area contributed by atoms with Crippen molar-refractivity contribution in [2.75, 3.05) is 24.7 Å². The maximum atomic E-state index is 10.9. The van der Waals surface area contributed by atoms with Crippen molar-refractivity contribution in [2.24, 2.45) is 0 Å². The van der Waals surface area contributed by atoms with Gasteiger partial charge in [0.05, 0.1) is 19.3 Å². The van der Waals surface area contributed by atoms with Crippen LogP contribution in [0.4, 0.5) is 0 Å². The maximum absolute atomic E-state index is 10.9. The van der Waals surface area contributed by atoms with Crippen LogP contribution in [0.1, 0.15) is 10.4 Å². The van der Waals surface area contributed by atoms with E-state index in [0.717, 1.165) is 0 Å². The third-order valence-electron chi connectivity index (χ3n) is 2.12. The molecule has 1 rings (SSSR count). The van der Waals surface area contributed by atoms with Gasteiger partial charge in [-0.05, 0) is 12.1 Å². The Balaban J connectivity index is 2.33. The van der Waals surface area contributed by atoms with E-state index in [4.69, 9.17) is 20.1 Å². The van der Waals surface area contributed by atoms with Crippen molar-refractivity contribution < 1.29 is 24.9 Å². The molecule has 3 N–H and O–H groups in total. The van der Waals surface area contributed by atoms with E-state index in [1.54, 1.807) is 18.2 Å². The van der Waals surface area contributed by atoms with Gasteiger partial charge in [-0.25, -0.2) is 4.79 Å². The van der Waals surface area contributed by atoms with Crippen LogP contribution < -0.4 is 4.74 Å². The number of hydrogen-bond donors (Lipinski definition) is 3. The largest absolute Gasteiger partial charge is 0.492 e. The number of thioether (sulfide) groups is 1. The van der Waals surface area contributed by atoms with Crippen molar-refractivity contribution >= 4 is 17.7 Å². The van der Waals surface area contributed by atoms with Crippen LogP contribution in [0.5, 0.6) is 5.75 Å². The zero-order valence-corrected chi connectivity index (χ0v) is 10.6. The van der Waals surface area contributed by atoms with Crippen molar-refractivity contribution in [3.05, 3.63) is 29.8 Å². The lowest BCUT2D eigenvalue weighted by Gasteiger charge is -2.09. The van der Waals surface area contributed by atoms with Crippen molar-refractivity contribution in [2.45, 2.75) is 6.10 Å². The molecule has 0 fully saturated rings. The molecular formula is C12H16O5S. The van der Waals surface area contributed by atoms with Gasteiger partial charge in [-0.15, -0.1) is 0 Å². The molecule has 0 radical (unpaired) electrons. The fourth-order valence-corrected chi connectivity index (χ4v) is 2.00. The molecule has 18 heavy (non-hydrogen) atoms. The molecule has 0 bridgehead atoms. The first-order valence-corrected chi connectivity index (χ1v) is 6.62. The Hall–Kier alpha value is -1.24. The van der Waals surface area contributed by atoms with Crippen LogP contribution in [0.3, 0.4) is 0 Å². The van der Waals surface area contributed by atoms with E-state index in [2.05, 4.69) is 0 Å². The van der Waals surface area contributed by atoms with E-state index in [1.165, 1.54) is 17.8 Å². The molecule has 0 saturated carbocycles. The molecule has 0 saturated heterocycles. The second-order valence-corrected chi connectivity index (χ2v) is 4.71. The number of aromatic carboxylic acids is 1. The van der Waals surface area contributed by atoms with E-state index in [1.807, 2.05) is 0 Å². The number of para-hydroxylation sites is 1. The minimum absolute atomic E-state index is 0.137. The number of carboxylic acid groups (broad SMARTS) is 1. The highest BCUT2D eigenvalue weighted by Crippen LogP contribution is 2.18. The predicted octanol–water partition coefficient (Wildman–Crippen LogP) is 0.850. The lowest BCUT2D eigenvalue weighted by Crippen LogP contribution is -2.16. The van der Waals surface area contributed by atoms with Gasteiger partial charge in [-0.3, -0.25) is 0 Å². The zero-order chi connectivity index (χ0) is 13.4. The van der Waals surface area contributed by atoms with Crippen LogP contribution in [0.15, 0.2) is 24.3 Å². The summed E-state index contributed by atoms with van der Waals surface area (Å²) in [4.78, 5) is 10.9. The molecular weight excluding hydrogens is 256 g/mol. The van der Waals surface area contributed by atoms with Crippen LogP contribution in [0, 0.1) is 0 Å². The average molecular weight is 272 g/mol.